The molecular formula is C15H25N3O. The SMILES string of the molecule is CCC1(c2nc(C3CCCC(C)C3)no2)CCCN1. The average molecular weight is 263 g/mol. The molecule has 1 N–H and O–H groups in total. The summed E-state index contributed by atoms with van der Waals surface area (Å²) in [5.74, 6) is 3.07. The molecule has 3 unspecified atom stereocenters. The summed E-state index contributed by atoms with van der Waals surface area (Å²) in [6.07, 6.45) is 8.42. The fourth-order valence-corrected chi connectivity index (χ4v) is 3.71. The first-order valence-electron chi connectivity index (χ1n) is 7.82. The zero-order valence-corrected chi connectivity index (χ0v) is 12.1. The Kier molecular flexibility index (Phi) is 3.61. The van der Waals surface area contributed by atoms with Crippen LogP contribution in [0.5, 0.6) is 0 Å². The van der Waals surface area contributed by atoms with Crippen LogP contribution in [0.4, 0.5) is 0 Å². The van der Waals surface area contributed by atoms with Crippen molar-refractivity contribution in [3.05, 3.63) is 11.7 Å². The van der Waals surface area contributed by atoms with Crippen molar-refractivity contribution in [1.82, 2.24) is 15.5 Å². The summed E-state index contributed by atoms with van der Waals surface area (Å²) >= 11 is 0. The van der Waals surface area contributed by atoms with Crippen molar-refractivity contribution in [2.24, 2.45) is 5.92 Å². The number of aromatic nitrogens is 2. The minimum absolute atomic E-state index is 0.0501. The number of rotatable bonds is 3. The van der Waals surface area contributed by atoms with Crippen molar-refractivity contribution in [3.63, 3.8) is 0 Å². The minimum atomic E-state index is -0.0501. The van der Waals surface area contributed by atoms with Gasteiger partial charge in [0.15, 0.2) is 5.82 Å². The van der Waals surface area contributed by atoms with Crippen LogP contribution in [0.2, 0.25) is 0 Å². The molecule has 106 valence electrons. The molecule has 1 aromatic rings. The predicted molar refractivity (Wildman–Crippen MR) is 73.9 cm³/mol. The highest BCUT2D eigenvalue weighted by molar-refractivity contribution is 5.08. The molecule has 0 radical (unpaired) electrons. The van der Waals surface area contributed by atoms with Gasteiger partial charge in [-0.2, -0.15) is 4.98 Å². The summed E-state index contributed by atoms with van der Waals surface area (Å²) in [5, 5.41) is 7.85. The van der Waals surface area contributed by atoms with E-state index in [4.69, 9.17) is 9.51 Å². The highest BCUT2D eigenvalue weighted by Crippen LogP contribution is 2.37. The van der Waals surface area contributed by atoms with Crippen LogP contribution in [0.15, 0.2) is 4.52 Å². The number of nitrogens with one attached hydrogen (secondary N) is 1. The van der Waals surface area contributed by atoms with Crippen LogP contribution in [0.1, 0.15) is 76.4 Å². The summed E-state index contributed by atoms with van der Waals surface area (Å²) in [6, 6.07) is 0. The lowest BCUT2D eigenvalue weighted by atomic mass is 9.82. The van der Waals surface area contributed by atoms with Crippen molar-refractivity contribution in [3.8, 4) is 0 Å². The maximum absolute atomic E-state index is 5.61. The van der Waals surface area contributed by atoms with Gasteiger partial charge in [0.2, 0.25) is 5.89 Å². The summed E-state index contributed by atoms with van der Waals surface area (Å²) < 4.78 is 5.61. The third-order valence-electron chi connectivity index (χ3n) is 5.00. The first-order valence-corrected chi connectivity index (χ1v) is 7.82. The molecule has 4 nitrogen and oxygen atoms in total. The van der Waals surface area contributed by atoms with Gasteiger partial charge in [-0.3, -0.25) is 0 Å². The molecule has 1 aromatic heterocycles. The first kappa shape index (κ1) is 13.1. The Hall–Kier alpha value is -0.900. The molecule has 4 heteroatoms. The van der Waals surface area contributed by atoms with Gasteiger partial charge >= 0.3 is 0 Å². The lowest BCUT2D eigenvalue weighted by Crippen LogP contribution is -2.36. The van der Waals surface area contributed by atoms with Gasteiger partial charge in [-0.05, 0) is 44.6 Å². The van der Waals surface area contributed by atoms with Crippen LogP contribution in [0.25, 0.3) is 0 Å². The van der Waals surface area contributed by atoms with E-state index in [0.717, 1.165) is 37.0 Å². The van der Waals surface area contributed by atoms with E-state index in [1.165, 1.54) is 32.1 Å². The van der Waals surface area contributed by atoms with Gasteiger partial charge in [0.25, 0.3) is 0 Å². The van der Waals surface area contributed by atoms with E-state index in [2.05, 4.69) is 24.3 Å². The van der Waals surface area contributed by atoms with Gasteiger partial charge in [-0.1, -0.05) is 31.8 Å². The summed E-state index contributed by atoms with van der Waals surface area (Å²) in [5.41, 5.74) is -0.0501. The third kappa shape index (κ3) is 2.42. The maximum Gasteiger partial charge on any atom is 0.246 e. The summed E-state index contributed by atoms with van der Waals surface area (Å²) in [6.45, 7) is 5.59. The van der Waals surface area contributed by atoms with Crippen molar-refractivity contribution in [1.29, 1.82) is 0 Å². The zero-order chi connectivity index (χ0) is 13.3. The van der Waals surface area contributed by atoms with E-state index in [0.29, 0.717) is 5.92 Å². The van der Waals surface area contributed by atoms with Crippen molar-refractivity contribution in [2.75, 3.05) is 6.54 Å². The molecule has 3 atom stereocenters. The lowest BCUT2D eigenvalue weighted by molar-refractivity contribution is 0.247. The number of hydrogen-bond acceptors (Lipinski definition) is 4. The van der Waals surface area contributed by atoms with Gasteiger partial charge in [0.1, 0.15) is 0 Å². The van der Waals surface area contributed by atoms with Crippen molar-refractivity contribution in [2.45, 2.75) is 70.3 Å². The van der Waals surface area contributed by atoms with E-state index < -0.39 is 0 Å². The fraction of sp³-hybridized carbons (Fsp3) is 0.867. The molecule has 0 bridgehead atoms. The second-order valence-electron chi connectivity index (χ2n) is 6.39. The Balaban J connectivity index is 1.79. The van der Waals surface area contributed by atoms with Crippen LogP contribution in [-0.2, 0) is 5.54 Å². The van der Waals surface area contributed by atoms with Crippen LogP contribution >= 0.6 is 0 Å². The van der Waals surface area contributed by atoms with E-state index >= 15 is 0 Å². The molecule has 1 aliphatic carbocycles. The van der Waals surface area contributed by atoms with Crippen LogP contribution in [0.3, 0.4) is 0 Å². The Morgan fingerprint density at radius 2 is 2.26 bits per heavy atom. The molecular weight excluding hydrogens is 238 g/mol. The van der Waals surface area contributed by atoms with Gasteiger partial charge < -0.3 is 9.84 Å². The molecule has 3 rings (SSSR count). The smallest absolute Gasteiger partial charge is 0.246 e. The molecule has 1 saturated heterocycles. The average Bonchev–Trinajstić information content (AvgIpc) is 3.08. The maximum atomic E-state index is 5.61. The summed E-state index contributed by atoms with van der Waals surface area (Å²) in [7, 11) is 0. The standard InChI is InChI=1S/C15H25N3O/c1-3-15(8-5-9-16-15)14-17-13(18-19-14)12-7-4-6-11(2)10-12/h11-12,16H,3-10H2,1-2H3. The number of hydrogen-bond donors (Lipinski definition) is 1. The summed E-state index contributed by atoms with van der Waals surface area (Å²) in [4.78, 5) is 4.75. The quantitative estimate of drug-likeness (QED) is 0.908. The molecule has 2 fully saturated rings. The topological polar surface area (TPSA) is 51.0 Å². The Morgan fingerprint density at radius 1 is 1.37 bits per heavy atom. The van der Waals surface area contributed by atoms with Crippen LogP contribution < -0.4 is 5.32 Å². The largest absolute Gasteiger partial charge is 0.337 e. The highest BCUT2D eigenvalue weighted by Gasteiger charge is 2.39. The van der Waals surface area contributed by atoms with Crippen molar-refractivity contribution >= 4 is 0 Å². The molecule has 2 heterocycles. The van der Waals surface area contributed by atoms with E-state index in [-0.39, 0.29) is 5.54 Å². The minimum Gasteiger partial charge on any atom is -0.337 e. The Bertz CT molecular complexity index is 423. The van der Waals surface area contributed by atoms with Crippen LogP contribution in [-0.4, -0.2) is 16.7 Å². The first-order chi connectivity index (χ1) is 9.23. The molecule has 0 aromatic carbocycles. The van der Waals surface area contributed by atoms with Crippen LogP contribution in [0, 0.1) is 5.92 Å². The monoisotopic (exact) mass is 263 g/mol. The third-order valence-corrected chi connectivity index (χ3v) is 5.00. The lowest BCUT2D eigenvalue weighted by Gasteiger charge is -2.24. The molecule has 1 saturated carbocycles. The number of nitrogens with zero attached hydrogens (tertiary/aromatic N) is 2. The highest BCUT2D eigenvalue weighted by atomic mass is 16.5. The normalized spacial score (nSPS) is 35.7. The van der Waals surface area contributed by atoms with Crippen molar-refractivity contribution < 1.29 is 4.52 Å². The van der Waals surface area contributed by atoms with Gasteiger partial charge in [-0.25, -0.2) is 0 Å². The predicted octanol–water partition coefficient (Wildman–Crippen LogP) is 3.35. The molecule has 0 amide bonds. The van der Waals surface area contributed by atoms with E-state index in [1.54, 1.807) is 0 Å². The van der Waals surface area contributed by atoms with E-state index in [9.17, 15) is 0 Å². The van der Waals surface area contributed by atoms with Gasteiger partial charge in [0.05, 0.1) is 5.54 Å². The molecule has 0 spiro atoms. The Labute approximate surface area is 115 Å². The molecule has 1 aliphatic heterocycles. The second-order valence-corrected chi connectivity index (χ2v) is 6.39. The van der Waals surface area contributed by atoms with E-state index in [1.807, 2.05) is 0 Å². The molecule has 2 aliphatic rings. The fourth-order valence-electron chi connectivity index (χ4n) is 3.71. The molecule has 19 heavy (non-hydrogen) atoms. The van der Waals surface area contributed by atoms with Gasteiger partial charge in [0, 0.05) is 5.92 Å². The van der Waals surface area contributed by atoms with Gasteiger partial charge in [-0.15, -0.1) is 0 Å². The zero-order valence-electron chi connectivity index (χ0n) is 12.1. The second kappa shape index (κ2) is 5.23. The Morgan fingerprint density at radius 3 is 2.95 bits per heavy atom.